The van der Waals surface area contributed by atoms with E-state index in [4.69, 9.17) is 4.74 Å². The molecule has 2 aromatic carbocycles. The fourth-order valence-electron chi connectivity index (χ4n) is 2.19. The highest BCUT2D eigenvalue weighted by atomic mass is 32.2. The van der Waals surface area contributed by atoms with Crippen molar-refractivity contribution in [1.82, 2.24) is 0 Å². The van der Waals surface area contributed by atoms with Crippen LogP contribution in [0.3, 0.4) is 0 Å². The monoisotopic (exact) mass is 364 g/mol. The van der Waals surface area contributed by atoms with Crippen LogP contribution in [-0.2, 0) is 9.84 Å². The first-order valence-electron chi connectivity index (χ1n) is 7.79. The topological polar surface area (TPSA) is 98.5 Å². The molecule has 0 spiro atoms. The summed E-state index contributed by atoms with van der Waals surface area (Å²) in [5.74, 6) is 0.668. The fourth-order valence-corrected chi connectivity index (χ4v) is 3.04. The largest absolute Gasteiger partial charge is 0.494 e. The van der Waals surface area contributed by atoms with Crippen LogP contribution in [0, 0.1) is 10.1 Å². The number of unbranched alkanes of at least 4 members (excludes halogenated alkanes) is 1. The molecule has 0 bridgehead atoms. The van der Waals surface area contributed by atoms with Crippen molar-refractivity contribution in [1.29, 1.82) is 0 Å². The van der Waals surface area contributed by atoms with E-state index in [1.54, 1.807) is 18.2 Å². The van der Waals surface area contributed by atoms with Gasteiger partial charge in [0, 0.05) is 30.1 Å². The van der Waals surface area contributed by atoms with Crippen LogP contribution in [0.4, 0.5) is 17.1 Å². The van der Waals surface area contributed by atoms with Gasteiger partial charge < -0.3 is 10.1 Å². The zero-order valence-corrected chi connectivity index (χ0v) is 14.9. The smallest absolute Gasteiger partial charge is 0.270 e. The van der Waals surface area contributed by atoms with Gasteiger partial charge in [-0.15, -0.1) is 0 Å². The van der Waals surface area contributed by atoms with Gasteiger partial charge in [0.15, 0.2) is 9.84 Å². The average Bonchev–Trinajstić information content (AvgIpc) is 2.54. The van der Waals surface area contributed by atoms with E-state index in [2.05, 4.69) is 12.2 Å². The highest BCUT2D eigenvalue weighted by Crippen LogP contribution is 2.30. The molecule has 0 saturated heterocycles. The molecule has 0 aromatic heterocycles. The van der Waals surface area contributed by atoms with Crippen molar-refractivity contribution in [3.63, 3.8) is 0 Å². The second kappa shape index (κ2) is 7.98. The van der Waals surface area contributed by atoms with Crippen LogP contribution in [0.25, 0.3) is 0 Å². The maximum Gasteiger partial charge on any atom is 0.270 e. The first-order valence-corrected chi connectivity index (χ1v) is 9.69. The summed E-state index contributed by atoms with van der Waals surface area (Å²) in [4.78, 5) is 10.1. The van der Waals surface area contributed by atoms with Crippen molar-refractivity contribution < 1.29 is 18.1 Å². The van der Waals surface area contributed by atoms with Crippen molar-refractivity contribution in [2.45, 2.75) is 24.7 Å². The lowest BCUT2D eigenvalue weighted by Crippen LogP contribution is -2.04. The van der Waals surface area contributed by atoms with Crippen molar-refractivity contribution in [3.8, 4) is 5.75 Å². The van der Waals surface area contributed by atoms with Gasteiger partial charge in [-0.2, -0.15) is 0 Å². The van der Waals surface area contributed by atoms with Crippen molar-refractivity contribution in [2.24, 2.45) is 0 Å². The molecule has 0 saturated carbocycles. The van der Waals surface area contributed by atoms with E-state index in [0.717, 1.165) is 25.2 Å². The van der Waals surface area contributed by atoms with E-state index in [0.29, 0.717) is 18.0 Å². The number of nitrogens with zero attached hydrogens (tertiary/aromatic N) is 1. The van der Waals surface area contributed by atoms with Gasteiger partial charge in [-0.25, -0.2) is 8.42 Å². The van der Waals surface area contributed by atoms with Crippen LogP contribution in [0.1, 0.15) is 19.8 Å². The maximum absolute atomic E-state index is 12.0. The normalized spacial score (nSPS) is 11.1. The molecule has 134 valence electrons. The molecule has 0 heterocycles. The van der Waals surface area contributed by atoms with Crippen molar-refractivity contribution in [2.75, 3.05) is 18.2 Å². The number of benzene rings is 2. The summed E-state index contributed by atoms with van der Waals surface area (Å²) >= 11 is 0. The quantitative estimate of drug-likeness (QED) is 0.433. The lowest BCUT2D eigenvalue weighted by molar-refractivity contribution is -0.385. The zero-order valence-electron chi connectivity index (χ0n) is 14.1. The number of nitro groups is 1. The highest BCUT2D eigenvalue weighted by molar-refractivity contribution is 7.90. The second-order valence-corrected chi connectivity index (χ2v) is 7.55. The number of anilines is 2. The van der Waals surface area contributed by atoms with E-state index >= 15 is 0 Å². The number of nitro benzene ring substituents is 1. The predicted molar refractivity (Wildman–Crippen MR) is 96.3 cm³/mol. The van der Waals surface area contributed by atoms with E-state index in [1.165, 1.54) is 12.1 Å². The van der Waals surface area contributed by atoms with E-state index in [-0.39, 0.29) is 16.3 Å². The Morgan fingerprint density at radius 2 is 1.96 bits per heavy atom. The van der Waals surface area contributed by atoms with Gasteiger partial charge in [-0.3, -0.25) is 10.1 Å². The molecule has 0 aliphatic heterocycles. The summed E-state index contributed by atoms with van der Waals surface area (Å²) in [6.07, 6.45) is 2.98. The Morgan fingerprint density at radius 3 is 2.60 bits per heavy atom. The standard InChI is InChI=1S/C17H20N2O5S/c1-3-4-10-24-15-7-5-6-13(11-15)18-16-9-8-14(19(20)21)12-17(16)25(2,22)23/h5-9,11-12,18H,3-4,10H2,1-2H3. The Balaban J connectivity index is 2.31. The SMILES string of the molecule is CCCCOc1cccc(Nc2ccc([N+](=O)[O-])cc2S(C)(=O)=O)c1. The molecule has 2 rings (SSSR count). The minimum atomic E-state index is -3.64. The molecule has 0 aliphatic carbocycles. The summed E-state index contributed by atoms with van der Waals surface area (Å²) in [6, 6.07) is 10.8. The number of sulfone groups is 1. The number of hydrogen-bond donors (Lipinski definition) is 1. The van der Waals surface area contributed by atoms with Gasteiger partial charge in [-0.05, 0) is 24.6 Å². The fraction of sp³-hybridized carbons (Fsp3) is 0.294. The van der Waals surface area contributed by atoms with Crippen LogP contribution < -0.4 is 10.1 Å². The second-order valence-electron chi connectivity index (χ2n) is 5.56. The summed E-state index contributed by atoms with van der Waals surface area (Å²) in [5.41, 5.74) is 0.634. The van der Waals surface area contributed by atoms with Crippen molar-refractivity contribution >= 4 is 26.9 Å². The van der Waals surface area contributed by atoms with Gasteiger partial charge in [0.05, 0.1) is 22.1 Å². The summed E-state index contributed by atoms with van der Waals surface area (Å²) < 4.78 is 29.6. The Bertz CT molecular complexity index is 865. The van der Waals surface area contributed by atoms with Gasteiger partial charge in [0.2, 0.25) is 0 Å². The van der Waals surface area contributed by atoms with E-state index in [9.17, 15) is 18.5 Å². The third kappa shape index (κ3) is 5.18. The third-order valence-corrected chi connectivity index (χ3v) is 4.59. The van der Waals surface area contributed by atoms with Crippen LogP contribution >= 0.6 is 0 Å². The molecular weight excluding hydrogens is 344 g/mol. The van der Waals surface area contributed by atoms with Crippen molar-refractivity contribution in [3.05, 3.63) is 52.6 Å². The van der Waals surface area contributed by atoms with Gasteiger partial charge in [0.1, 0.15) is 5.75 Å². The lowest BCUT2D eigenvalue weighted by atomic mass is 10.2. The molecule has 8 heteroatoms. The Hall–Kier alpha value is -2.61. The molecule has 0 unspecified atom stereocenters. The molecule has 0 aliphatic rings. The first-order chi connectivity index (χ1) is 11.8. The Morgan fingerprint density at radius 1 is 1.20 bits per heavy atom. The van der Waals surface area contributed by atoms with E-state index in [1.807, 2.05) is 6.07 Å². The van der Waals surface area contributed by atoms with Gasteiger partial charge in [-0.1, -0.05) is 19.4 Å². The minimum absolute atomic E-state index is 0.126. The number of ether oxygens (including phenoxy) is 1. The van der Waals surface area contributed by atoms with Crippen LogP contribution in [0.2, 0.25) is 0 Å². The lowest BCUT2D eigenvalue weighted by Gasteiger charge is -2.12. The number of rotatable bonds is 8. The molecule has 1 N–H and O–H groups in total. The number of non-ortho nitro benzene ring substituents is 1. The number of nitrogens with one attached hydrogen (secondary N) is 1. The summed E-state index contributed by atoms with van der Waals surface area (Å²) in [6.45, 7) is 2.68. The Kier molecular flexibility index (Phi) is 5.97. The number of hydrogen-bond acceptors (Lipinski definition) is 6. The molecule has 0 radical (unpaired) electrons. The molecule has 0 fully saturated rings. The highest BCUT2D eigenvalue weighted by Gasteiger charge is 2.18. The summed E-state index contributed by atoms with van der Waals surface area (Å²) in [5, 5.41) is 13.9. The molecule has 2 aromatic rings. The molecular formula is C17H20N2O5S. The minimum Gasteiger partial charge on any atom is -0.494 e. The predicted octanol–water partition coefficient (Wildman–Crippen LogP) is 3.92. The first kappa shape index (κ1) is 18.7. The van der Waals surface area contributed by atoms with Crippen LogP contribution in [-0.4, -0.2) is 26.2 Å². The zero-order chi connectivity index (χ0) is 18.4. The van der Waals surface area contributed by atoms with E-state index < -0.39 is 14.8 Å². The van der Waals surface area contributed by atoms with Gasteiger partial charge in [0.25, 0.3) is 5.69 Å². The van der Waals surface area contributed by atoms with Gasteiger partial charge >= 0.3 is 0 Å². The molecule has 0 amide bonds. The van der Waals surface area contributed by atoms with Crippen LogP contribution in [0.15, 0.2) is 47.4 Å². The average molecular weight is 364 g/mol. The molecule has 7 nitrogen and oxygen atoms in total. The third-order valence-electron chi connectivity index (χ3n) is 3.46. The summed E-state index contributed by atoms with van der Waals surface area (Å²) in [7, 11) is -3.64. The maximum atomic E-state index is 12.0. The molecule has 25 heavy (non-hydrogen) atoms. The Labute approximate surface area is 146 Å². The molecule has 0 atom stereocenters. The van der Waals surface area contributed by atoms with Crippen LogP contribution in [0.5, 0.6) is 5.75 Å².